The summed E-state index contributed by atoms with van der Waals surface area (Å²) >= 11 is 0. The molecule has 0 radical (unpaired) electrons. The number of fused-ring (bicyclic) bond motifs is 1. The van der Waals surface area contributed by atoms with Crippen molar-refractivity contribution >= 4 is 34.7 Å². The van der Waals surface area contributed by atoms with Crippen molar-refractivity contribution < 1.29 is 19.4 Å². The number of nitrogens with zero attached hydrogens (tertiary/aromatic N) is 2. The molecule has 0 aliphatic carbocycles. The van der Waals surface area contributed by atoms with Gasteiger partial charge in [-0.2, -0.15) is 0 Å². The van der Waals surface area contributed by atoms with Gasteiger partial charge in [-0.15, -0.1) is 0 Å². The van der Waals surface area contributed by atoms with Crippen LogP contribution in [0.5, 0.6) is 5.75 Å². The number of benzene rings is 3. The second-order valence-corrected chi connectivity index (χ2v) is 9.03. The van der Waals surface area contributed by atoms with Gasteiger partial charge in [0.15, 0.2) is 5.78 Å². The number of primary amides is 1. The first-order valence-electron chi connectivity index (χ1n) is 12.2. The monoisotopic (exact) mass is 493 g/mol. The molecular formula is C30H27N3O4. The largest absolute Gasteiger partial charge is 0.411 e. The van der Waals surface area contributed by atoms with Crippen molar-refractivity contribution in [2.24, 2.45) is 5.73 Å². The Bertz CT molecular complexity index is 1450. The van der Waals surface area contributed by atoms with Crippen LogP contribution in [0, 0.1) is 0 Å². The third kappa shape index (κ3) is 5.68. The summed E-state index contributed by atoms with van der Waals surface area (Å²) in [5.41, 5.74) is 9.24. The fourth-order valence-electron chi connectivity index (χ4n) is 4.50. The van der Waals surface area contributed by atoms with Crippen LogP contribution in [0.3, 0.4) is 0 Å². The van der Waals surface area contributed by atoms with E-state index in [1.165, 1.54) is 0 Å². The van der Waals surface area contributed by atoms with Crippen LogP contribution in [0.4, 0.5) is 10.6 Å². The molecule has 0 atom stereocenters. The van der Waals surface area contributed by atoms with Crippen molar-refractivity contribution in [1.29, 1.82) is 0 Å². The fraction of sp³-hybridized carbons (Fsp3) is 0.167. The molecular weight excluding hydrogens is 466 g/mol. The number of piperidine rings is 1. The standard InChI is InChI=1S/C30H27N3O4/c31-30(36)37-26-12-9-21(10-13-26)20-5-7-22(8-6-20)28(35)14-11-24-19-23-3-1-2-4-27(23)32-29(24)33-17-15-25(34)16-18-33/h1-14,19,25,34H,15-18H2,(H2,31,36). The molecule has 7 heteroatoms. The molecule has 0 saturated carbocycles. The Morgan fingerprint density at radius 2 is 1.59 bits per heavy atom. The van der Waals surface area contributed by atoms with Crippen molar-refractivity contribution in [1.82, 2.24) is 4.98 Å². The molecule has 1 amide bonds. The van der Waals surface area contributed by atoms with Gasteiger partial charge in [-0.05, 0) is 60.4 Å². The highest BCUT2D eigenvalue weighted by Crippen LogP contribution is 2.28. The number of ketones is 1. The maximum Gasteiger partial charge on any atom is 0.409 e. The maximum atomic E-state index is 13.0. The van der Waals surface area contributed by atoms with E-state index in [0.29, 0.717) is 24.2 Å². The number of pyridine rings is 1. The number of nitrogens with two attached hydrogens (primary N) is 1. The molecule has 0 spiro atoms. The summed E-state index contributed by atoms with van der Waals surface area (Å²) in [6.07, 6.45) is 3.67. The summed E-state index contributed by atoms with van der Waals surface area (Å²) in [6, 6.07) is 24.3. The predicted molar refractivity (Wildman–Crippen MR) is 145 cm³/mol. The molecule has 0 unspecified atom stereocenters. The molecule has 3 N–H and O–H groups in total. The zero-order valence-electron chi connectivity index (χ0n) is 20.2. The highest BCUT2D eigenvalue weighted by molar-refractivity contribution is 6.07. The summed E-state index contributed by atoms with van der Waals surface area (Å²) in [6.45, 7) is 1.44. The van der Waals surface area contributed by atoms with Crippen LogP contribution in [0.25, 0.3) is 28.1 Å². The lowest BCUT2D eigenvalue weighted by Crippen LogP contribution is -2.36. The van der Waals surface area contributed by atoms with Crippen molar-refractivity contribution in [3.63, 3.8) is 0 Å². The lowest BCUT2D eigenvalue weighted by molar-refractivity contribution is 0.104. The van der Waals surface area contributed by atoms with Crippen LogP contribution in [-0.2, 0) is 0 Å². The second kappa shape index (κ2) is 10.6. The van der Waals surface area contributed by atoms with Crippen molar-refractivity contribution in [2.45, 2.75) is 18.9 Å². The van der Waals surface area contributed by atoms with E-state index in [1.807, 2.05) is 54.6 Å². The number of anilines is 1. The molecule has 2 heterocycles. The zero-order chi connectivity index (χ0) is 25.8. The van der Waals surface area contributed by atoms with Gasteiger partial charge in [0, 0.05) is 29.6 Å². The van der Waals surface area contributed by atoms with Crippen molar-refractivity contribution in [3.8, 4) is 16.9 Å². The van der Waals surface area contributed by atoms with Gasteiger partial charge in [-0.25, -0.2) is 9.78 Å². The van der Waals surface area contributed by atoms with Gasteiger partial charge in [-0.1, -0.05) is 54.6 Å². The molecule has 4 aromatic rings. The number of ether oxygens (including phenoxy) is 1. The Morgan fingerprint density at radius 1 is 0.946 bits per heavy atom. The average Bonchev–Trinajstić information content (AvgIpc) is 2.92. The van der Waals surface area contributed by atoms with E-state index in [-0.39, 0.29) is 11.9 Å². The number of carbonyl (C=O) groups is 2. The van der Waals surface area contributed by atoms with Crippen molar-refractivity contribution in [3.05, 3.63) is 96.1 Å². The summed E-state index contributed by atoms with van der Waals surface area (Å²) in [7, 11) is 0. The van der Waals surface area contributed by atoms with Gasteiger partial charge in [0.25, 0.3) is 0 Å². The minimum atomic E-state index is -0.856. The van der Waals surface area contributed by atoms with Crippen LogP contribution in [0.2, 0.25) is 0 Å². The molecule has 0 bridgehead atoms. The van der Waals surface area contributed by atoms with E-state index in [2.05, 4.69) is 11.0 Å². The molecule has 5 rings (SSSR count). The normalized spacial score (nSPS) is 14.2. The van der Waals surface area contributed by atoms with Gasteiger partial charge in [0.1, 0.15) is 11.6 Å². The smallest absolute Gasteiger partial charge is 0.409 e. The Morgan fingerprint density at radius 3 is 2.27 bits per heavy atom. The van der Waals surface area contributed by atoms with E-state index < -0.39 is 6.09 Å². The Balaban J connectivity index is 1.36. The van der Waals surface area contributed by atoms with Gasteiger partial charge < -0.3 is 20.5 Å². The average molecular weight is 494 g/mol. The number of aliphatic hydroxyl groups excluding tert-OH is 1. The van der Waals surface area contributed by atoms with Crippen molar-refractivity contribution in [2.75, 3.05) is 18.0 Å². The van der Waals surface area contributed by atoms with Gasteiger partial charge in [-0.3, -0.25) is 4.79 Å². The first kappa shape index (κ1) is 24.2. The third-order valence-corrected chi connectivity index (χ3v) is 6.49. The number of amides is 1. The molecule has 186 valence electrons. The van der Waals surface area contributed by atoms with Crippen LogP contribution >= 0.6 is 0 Å². The molecule has 1 aromatic heterocycles. The quantitative estimate of drug-likeness (QED) is 0.282. The van der Waals surface area contributed by atoms with E-state index >= 15 is 0 Å². The van der Waals surface area contributed by atoms with Gasteiger partial charge >= 0.3 is 6.09 Å². The fourth-order valence-corrected chi connectivity index (χ4v) is 4.50. The van der Waals surface area contributed by atoms with E-state index in [1.54, 1.807) is 30.3 Å². The maximum absolute atomic E-state index is 13.0. The zero-order valence-corrected chi connectivity index (χ0v) is 20.2. The second-order valence-electron chi connectivity index (χ2n) is 9.03. The summed E-state index contributed by atoms with van der Waals surface area (Å²) in [4.78, 5) is 30.9. The molecule has 1 aliphatic rings. The van der Waals surface area contributed by atoms with Gasteiger partial charge in [0.2, 0.25) is 0 Å². The Labute approximate surface area is 214 Å². The molecule has 3 aromatic carbocycles. The SMILES string of the molecule is NC(=O)Oc1ccc(-c2ccc(C(=O)C=Cc3cc4ccccc4nc3N3CCC(O)CC3)cc2)cc1. The minimum Gasteiger partial charge on any atom is -0.411 e. The number of hydrogen-bond acceptors (Lipinski definition) is 6. The number of aromatic nitrogens is 1. The lowest BCUT2D eigenvalue weighted by Gasteiger charge is -2.31. The molecule has 1 aliphatic heterocycles. The first-order valence-corrected chi connectivity index (χ1v) is 12.2. The summed E-state index contributed by atoms with van der Waals surface area (Å²) in [5.74, 6) is 1.09. The summed E-state index contributed by atoms with van der Waals surface area (Å²) < 4.78 is 4.86. The molecule has 1 saturated heterocycles. The minimum absolute atomic E-state index is 0.107. The summed E-state index contributed by atoms with van der Waals surface area (Å²) in [5, 5.41) is 10.9. The van der Waals surface area contributed by atoms with E-state index in [0.717, 1.165) is 46.5 Å². The van der Waals surface area contributed by atoms with Crippen LogP contribution in [-0.4, -0.2) is 41.2 Å². The topological polar surface area (TPSA) is 106 Å². The van der Waals surface area contributed by atoms with Gasteiger partial charge in [0.05, 0.1) is 11.6 Å². The molecule has 1 fully saturated rings. The Hall–Kier alpha value is -4.49. The number of allylic oxidation sites excluding steroid dienone is 1. The van der Waals surface area contributed by atoms with E-state index in [9.17, 15) is 14.7 Å². The number of hydrogen-bond donors (Lipinski definition) is 2. The Kier molecular flexibility index (Phi) is 6.96. The number of aliphatic hydroxyl groups is 1. The van der Waals surface area contributed by atoms with Crippen LogP contribution < -0.4 is 15.4 Å². The first-order chi connectivity index (χ1) is 18.0. The number of para-hydroxylation sites is 1. The highest BCUT2D eigenvalue weighted by Gasteiger charge is 2.20. The molecule has 7 nitrogen and oxygen atoms in total. The predicted octanol–water partition coefficient (Wildman–Crippen LogP) is 5.22. The lowest BCUT2D eigenvalue weighted by atomic mass is 10.0. The van der Waals surface area contributed by atoms with Crippen LogP contribution in [0.15, 0.2) is 84.9 Å². The molecule has 37 heavy (non-hydrogen) atoms. The van der Waals surface area contributed by atoms with E-state index in [4.69, 9.17) is 15.5 Å². The number of carbonyl (C=O) groups excluding carboxylic acids is 2. The highest BCUT2D eigenvalue weighted by atomic mass is 16.5. The number of rotatable bonds is 6. The third-order valence-electron chi connectivity index (χ3n) is 6.49. The van der Waals surface area contributed by atoms with Crippen LogP contribution in [0.1, 0.15) is 28.8 Å².